The van der Waals surface area contributed by atoms with Gasteiger partial charge in [-0.25, -0.2) is 0 Å². The summed E-state index contributed by atoms with van der Waals surface area (Å²) in [4.78, 5) is 5.90. The topological polar surface area (TPSA) is 30.5 Å². The van der Waals surface area contributed by atoms with Gasteiger partial charge < -0.3 is 20.4 Å². The van der Waals surface area contributed by atoms with Crippen molar-refractivity contribution in [2.24, 2.45) is 0 Å². The second kappa shape index (κ2) is 12.5. The summed E-state index contributed by atoms with van der Waals surface area (Å²) in [5.41, 5.74) is 5.02. The Hall–Kier alpha value is -2.18. The Kier molecular flexibility index (Phi) is 10.0. The van der Waals surface area contributed by atoms with Crippen molar-refractivity contribution in [2.75, 3.05) is 49.1 Å². The molecule has 0 saturated heterocycles. The molecule has 0 spiro atoms. The number of nitrogens with zero attached hydrogens (tertiary/aromatic N) is 2. The number of benzene rings is 2. The highest BCUT2D eigenvalue weighted by atomic mass is 32.1. The van der Waals surface area contributed by atoms with Gasteiger partial charge in [0.15, 0.2) is 0 Å². The molecule has 2 N–H and O–H groups in total. The van der Waals surface area contributed by atoms with Crippen LogP contribution >= 0.6 is 24.4 Å². The lowest BCUT2D eigenvalue weighted by Crippen LogP contribution is -2.43. The first-order chi connectivity index (χ1) is 14.4. The van der Waals surface area contributed by atoms with E-state index in [1.54, 1.807) is 0 Å². The number of likely N-dealkylation sites (N-methyl/N-ethyl adjacent to an activating group) is 2. The minimum absolute atomic E-state index is 0.615. The molecule has 0 aliphatic rings. The maximum absolute atomic E-state index is 5.47. The molecule has 0 unspecified atom stereocenters. The second-order valence-corrected chi connectivity index (χ2v) is 8.17. The first-order valence-electron chi connectivity index (χ1n) is 10.6. The molecule has 0 heterocycles. The van der Waals surface area contributed by atoms with Crippen molar-refractivity contribution >= 4 is 45.8 Å². The molecule has 0 bridgehead atoms. The SMILES string of the molecule is CCN(CCNC(=S)C(=S)NCCN(CC)c1cccc(C)c1)c1cccc(C)c1. The number of hydrogen-bond donors (Lipinski definition) is 2. The summed E-state index contributed by atoms with van der Waals surface area (Å²) in [6.07, 6.45) is 0. The molecule has 2 aromatic rings. The van der Waals surface area contributed by atoms with E-state index in [2.05, 4.69) is 96.7 Å². The lowest BCUT2D eigenvalue weighted by atomic mass is 10.2. The zero-order valence-corrected chi connectivity index (χ0v) is 20.2. The summed E-state index contributed by atoms with van der Waals surface area (Å²) in [5, 5.41) is 6.59. The van der Waals surface area contributed by atoms with Crippen LogP contribution in [0.3, 0.4) is 0 Å². The highest BCUT2D eigenvalue weighted by molar-refractivity contribution is 7.89. The smallest absolute Gasteiger partial charge is 0.134 e. The lowest BCUT2D eigenvalue weighted by Gasteiger charge is -2.25. The lowest BCUT2D eigenvalue weighted by molar-refractivity contribution is 0.773. The van der Waals surface area contributed by atoms with Crippen LogP contribution in [-0.4, -0.2) is 49.2 Å². The minimum atomic E-state index is 0.615. The number of thiocarbonyl (C=S) groups is 2. The molecule has 0 fully saturated rings. The normalized spacial score (nSPS) is 10.4. The largest absolute Gasteiger partial charge is 0.372 e. The molecule has 0 radical (unpaired) electrons. The molecule has 0 atom stereocenters. The van der Waals surface area contributed by atoms with Crippen LogP contribution < -0.4 is 20.4 Å². The predicted octanol–water partition coefficient (Wildman–Crippen LogP) is 4.49. The van der Waals surface area contributed by atoms with Crippen molar-refractivity contribution in [2.45, 2.75) is 27.7 Å². The van der Waals surface area contributed by atoms with Crippen LogP contribution in [0.25, 0.3) is 0 Å². The van der Waals surface area contributed by atoms with E-state index in [1.165, 1.54) is 22.5 Å². The Bertz CT molecular complexity index is 768. The Labute approximate surface area is 192 Å². The third-order valence-electron chi connectivity index (χ3n) is 5.04. The second-order valence-electron chi connectivity index (χ2n) is 7.35. The maximum Gasteiger partial charge on any atom is 0.134 e. The number of aryl methyl sites for hydroxylation is 2. The van der Waals surface area contributed by atoms with Crippen LogP contribution in [0, 0.1) is 13.8 Å². The molecule has 0 aromatic heterocycles. The van der Waals surface area contributed by atoms with E-state index in [0.717, 1.165) is 39.3 Å². The Balaban J connectivity index is 1.74. The van der Waals surface area contributed by atoms with Gasteiger partial charge in [-0.05, 0) is 63.1 Å². The van der Waals surface area contributed by atoms with Crippen molar-refractivity contribution < 1.29 is 0 Å². The summed E-state index contributed by atoms with van der Waals surface area (Å²) in [5.74, 6) is 0. The molecule has 2 rings (SSSR count). The Morgan fingerprint density at radius 2 is 1.13 bits per heavy atom. The molecule has 0 saturated carbocycles. The Morgan fingerprint density at radius 3 is 1.47 bits per heavy atom. The third-order valence-corrected chi connectivity index (χ3v) is 5.86. The van der Waals surface area contributed by atoms with Gasteiger partial charge in [-0.2, -0.15) is 0 Å². The molecule has 0 aliphatic heterocycles. The third kappa shape index (κ3) is 7.58. The zero-order chi connectivity index (χ0) is 21.9. The van der Waals surface area contributed by atoms with Gasteiger partial charge in [-0.1, -0.05) is 48.7 Å². The van der Waals surface area contributed by atoms with Crippen LogP contribution in [-0.2, 0) is 0 Å². The quantitative estimate of drug-likeness (QED) is 0.527. The molecule has 6 heteroatoms. The fraction of sp³-hybridized carbons (Fsp3) is 0.417. The molecular weight excluding hydrogens is 408 g/mol. The molecule has 0 aliphatic carbocycles. The number of rotatable bonds is 10. The zero-order valence-electron chi connectivity index (χ0n) is 18.6. The van der Waals surface area contributed by atoms with Gasteiger partial charge in [0, 0.05) is 50.6 Å². The maximum atomic E-state index is 5.47. The fourth-order valence-corrected chi connectivity index (χ4v) is 3.71. The van der Waals surface area contributed by atoms with E-state index < -0.39 is 0 Å². The summed E-state index contributed by atoms with van der Waals surface area (Å²) >= 11 is 10.9. The van der Waals surface area contributed by atoms with E-state index in [0.29, 0.717) is 9.98 Å². The van der Waals surface area contributed by atoms with E-state index in [1.807, 2.05) is 0 Å². The average molecular weight is 443 g/mol. The summed E-state index contributed by atoms with van der Waals surface area (Å²) in [6, 6.07) is 17.1. The molecule has 0 amide bonds. The van der Waals surface area contributed by atoms with Crippen molar-refractivity contribution in [3.05, 3.63) is 59.7 Å². The van der Waals surface area contributed by atoms with Gasteiger partial charge >= 0.3 is 0 Å². The van der Waals surface area contributed by atoms with E-state index >= 15 is 0 Å². The van der Waals surface area contributed by atoms with E-state index in [-0.39, 0.29) is 0 Å². The van der Waals surface area contributed by atoms with Crippen LogP contribution in [0.5, 0.6) is 0 Å². The summed E-state index contributed by atoms with van der Waals surface area (Å²) < 4.78 is 0. The molecular formula is C24H34N4S2. The van der Waals surface area contributed by atoms with Gasteiger partial charge in [0.1, 0.15) is 9.98 Å². The van der Waals surface area contributed by atoms with E-state index in [4.69, 9.17) is 24.4 Å². The van der Waals surface area contributed by atoms with Crippen LogP contribution in [0.4, 0.5) is 11.4 Å². The van der Waals surface area contributed by atoms with Crippen LogP contribution in [0.15, 0.2) is 48.5 Å². The average Bonchev–Trinajstić information content (AvgIpc) is 2.74. The number of nitrogens with one attached hydrogen (secondary N) is 2. The number of hydrogen-bond acceptors (Lipinski definition) is 4. The van der Waals surface area contributed by atoms with E-state index in [9.17, 15) is 0 Å². The highest BCUT2D eigenvalue weighted by Gasteiger charge is 2.08. The molecule has 162 valence electrons. The van der Waals surface area contributed by atoms with Crippen LogP contribution in [0.2, 0.25) is 0 Å². The molecule has 4 nitrogen and oxygen atoms in total. The van der Waals surface area contributed by atoms with Gasteiger partial charge in [-0.3, -0.25) is 0 Å². The van der Waals surface area contributed by atoms with Gasteiger partial charge in [-0.15, -0.1) is 0 Å². The molecule has 30 heavy (non-hydrogen) atoms. The van der Waals surface area contributed by atoms with Gasteiger partial charge in [0.25, 0.3) is 0 Å². The summed E-state index contributed by atoms with van der Waals surface area (Å²) in [6.45, 7) is 13.7. The summed E-state index contributed by atoms with van der Waals surface area (Å²) in [7, 11) is 0. The minimum Gasteiger partial charge on any atom is -0.372 e. The van der Waals surface area contributed by atoms with Crippen molar-refractivity contribution in [1.82, 2.24) is 10.6 Å². The van der Waals surface area contributed by atoms with Crippen molar-refractivity contribution in [3.8, 4) is 0 Å². The monoisotopic (exact) mass is 442 g/mol. The van der Waals surface area contributed by atoms with Crippen molar-refractivity contribution in [1.29, 1.82) is 0 Å². The van der Waals surface area contributed by atoms with Crippen LogP contribution in [0.1, 0.15) is 25.0 Å². The molecule has 2 aromatic carbocycles. The van der Waals surface area contributed by atoms with Crippen molar-refractivity contribution in [3.63, 3.8) is 0 Å². The number of anilines is 2. The first-order valence-corrected chi connectivity index (χ1v) is 11.5. The highest BCUT2D eigenvalue weighted by Crippen LogP contribution is 2.16. The first kappa shape index (κ1) is 24.1. The fourth-order valence-electron chi connectivity index (χ4n) is 3.36. The predicted molar refractivity (Wildman–Crippen MR) is 139 cm³/mol. The van der Waals surface area contributed by atoms with Gasteiger partial charge in [0.05, 0.1) is 0 Å². The Morgan fingerprint density at radius 1 is 0.733 bits per heavy atom. The standard InChI is InChI=1S/C24H34N4S2/c1-5-27(21-11-7-9-19(3)17-21)15-13-25-23(29)24(30)26-14-16-28(6-2)22-12-8-10-20(4)18-22/h7-12,17-18H,5-6,13-16H2,1-4H3,(H,25,29)(H,26,30). The van der Waals surface area contributed by atoms with Gasteiger partial charge in [0.2, 0.25) is 0 Å².